The highest BCUT2D eigenvalue weighted by Gasteiger charge is 2.49. The lowest BCUT2D eigenvalue weighted by atomic mass is 9.77. The number of amides is 2. The molecule has 4 rings (SSSR count). The molecule has 0 saturated carbocycles. The number of aryl methyl sites for hydroxylation is 1. The van der Waals surface area contributed by atoms with E-state index in [0.717, 1.165) is 42.9 Å². The lowest BCUT2D eigenvalue weighted by molar-refractivity contribution is -0.135. The molecule has 2 amide bonds. The number of anilines is 1. The smallest absolute Gasteiger partial charge is 0.407 e. The molecule has 33 heavy (non-hydrogen) atoms. The summed E-state index contributed by atoms with van der Waals surface area (Å²) >= 11 is 6.08. The second-order valence-electron chi connectivity index (χ2n) is 9.51. The summed E-state index contributed by atoms with van der Waals surface area (Å²) in [6.45, 7) is 6.50. The van der Waals surface area contributed by atoms with Crippen molar-refractivity contribution >= 4 is 29.4 Å². The number of rotatable bonds is 4. The van der Waals surface area contributed by atoms with E-state index in [1.807, 2.05) is 55.3 Å². The van der Waals surface area contributed by atoms with Gasteiger partial charge in [-0.1, -0.05) is 36.7 Å². The average molecular weight is 471 g/mol. The van der Waals surface area contributed by atoms with Crippen LogP contribution in [0.15, 0.2) is 42.6 Å². The van der Waals surface area contributed by atoms with Crippen LogP contribution in [-0.2, 0) is 10.2 Å². The Morgan fingerprint density at radius 2 is 1.82 bits per heavy atom. The van der Waals surface area contributed by atoms with Crippen LogP contribution in [0.4, 0.5) is 10.6 Å². The number of carbonyl (C=O) groups excluding carboxylic acids is 1. The Labute approximate surface area is 200 Å². The van der Waals surface area contributed by atoms with Crippen molar-refractivity contribution in [3.8, 4) is 0 Å². The van der Waals surface area contributed by atoms with Crippen molar-refractivity contribution in [3.05, 3.63) is 58.7 Å². The number of hydrogen-bond acceptors (Lipinski definition) is 4. The number of hydrogen-bond donors (Lipinski definition) is 1. The van der Waals surface area contributed by atoms with Crippen molar-refractivity contribution in [2.75, 3.05) is 38.1 Å². The molecule has 8 heteroatoms. The lowest BCUT2D eigenvalue weighted by Gasteiger charge is -2.35. The van der Waals surface area contributed by atoms with Gasteiger partial charge < -0.3 is 19.8 Å². The molecule has 7 nitrogen and oxygen atoms in total. The first-order valence-corrected chi connectivity index (χ1v) is 11.7. The highest BCUT2D eigenvalue weighted by atomic mass is 35.5. The van der Waals surface area contributed by atoms with E-state index in [0.29, 0.717) is 18.1 Å². The fourth-order valence-corrected chi connectivity index (χ4v) is 5.33. The zero-order chi connectivity index (χ0) is 23.8. The first-order valence-electron chi connectivity index (χ1n) is 11.4. The SMILES string of the molecule is Cc1ccc(N2CCC(C(=O)N3C[C@@H](N(C)C(=O)O)[C@](C)(c4ccc(Cl)cc4)C3)CC2)nc1. The number of piperidine rings is 1. The van der Waals surface area contributed by atoms with Crippen LogP contribution in [-0.4, -0.2) is 71.2 Å². The van der Waals surface area contributed by atoms with Gasteiger partial charge in [0.2, 0.25) is 5.91 Å². The van der Waals surface area contributed by atoms with Gasteiger partial charge in [0.1, 0.15) is 5.82 Å². The Morgan fingerprint density at radius 1 is 1.15 bits per heavy atom. The molecule has 3 heterocycles. The number of pyridine rings is 1. The Hall–Kier alpha value is -2.80. The summed E-state index contributed by atoms with van der Waals surface area (Å²) in [5.74, 6) is 1.01. The van der Waals surface area contributed by atoms with Gasteiger partial charge in [-0.25, -0.2) is 9.78 Å². The maximum absolute atomic E-state index is 13.5. The first-order chi connectivity index (χ1) is 15.7. The molecule has 1 aromatic carbocycles. The molecule has 1 aromatic heterocycles. The standard InChI is InChI=1S/C25H31ClN4O3/c1-17-4-9-22(27-14-17)29-12-10-18(11-13-29)23(31)30-15-21(28(3)24(32)33)25(2,16-30)19-5-7-20(26)8-6-19/h4-9,14,18,21H,10-13,15-16H2,1-3H3,(H,32,33)/t21-,25+/m1/s1. The molecule has 2 atom stereocenters. The van der Waals surface area contributed by atoms with E-state index in [1.54, 1.807) is 7.05 Å². The van der Waals surface area contributed by atoms with Crippen molar-refractivity contribution in [2.24, 2.45) is 5.92 Å². The summed E-state index contributed by atoms with van der Waals surface area (Å²) < 4.78 is 0. The normalized spacial score (nSPS) is 23.6. The molecule has 0 aliphatic carbocycles. The number of likely N-dealkylation sites (N-methyl/N-ethyl adjacent to an activating group) is 1. The third-order valence-electron chi connectivity index (χ3n) is 7.30. The van der Waals surface area contributed by atoms with Crippen molar-refractivity contribution < 1.29 is 14.7 Å². The molecule has 2 fully saturated rings. The zero-order valence-electron chi connectivity index (χ0n) is 19.4. The van der Waals surface area contributed by atoms with E-state index < -0.39 is 11.5 Å². The second kappa shape index (κ2) is 9.21. The van der Waals surface area contributed by atoms with Crippen LogP contribution < -0.4 is 4.90 Å². The number of carbonyl (C=O) groups is 2. The van der Waals surface area contributed by atoms with Gasteiger partial charge >= 0.3 is 6.09 Å². The number of halogens is 1. The molecule has 2 aromatic rings. The molecule has 2 aliphatic heterocycles. The van der Waals surface area contributed by atoms with E-state index in [-0.39, 0.29) is 17.9 Å². The van der Waals surface area contributed by atoms with Crippen LogP contribution in [0.5, 0.6) is 0 Å². The monoisotopic (exact) mass is 470 g/mol. The maximum Gasteiger partial charge on any atom is 0.407 e. The van der Waals surface area contributed by atoms with Crippen LogP contribution in [0.1, 0.15) is 30.9 Å². The topological polar surface area (TPSA) is 77.0 Å². The number of benzene rings is 1. The quantitative estimate of drug-likeness (QED) is 0.729. The van der Waals surface area contributed by atoms with E-state index >= 15 is 0 Å². The molecule has 2 aliphatic rings. The second-order valence-corrected chi connectivity index (χ2v) is 9.94. The predicted molar refractivity (Wildman–Crippen MR) is 129 cm³/mol. The van der Waals surface area contributed by atoms with E-state index in [4.69, 9.17) is 11.6 Å². The van der Waals surface area contributed by atoms with Crippen molar-refractivity contribution in [1.82, 2.24) is 14.8 Å². The van der Waals surface area contributed by atoms with E-state index in [9.17, 15) is 14.7 Å². The third-order valence-corrected chi connectivity index (χ3v) is 7.55. The minimum Gasteiger partial charge on any atom is -0.465 e. The summed E-state index contributed by atoms with van der Waals surface area (Å²) in [5.41, 5.74) is 1.60. The predicted octanol–water partition coefficient (Wildman–Crippen LogP) is 4.04. The molecule has 0 spiro atoms. The van der Waals surface area contributed by atoms with Crippen molar-refractivity contribution in [3.63, 3.8) is 0 Å². The van der Waals surface area contributed by atoms with Crippen LogP contribution >= 0.6 is 11.6 Å². The van der Waals surface area contributed by atoms with Crippen molar-refractivity contribution in [2.45, 2.75) is 38.1 Å². The number of carboxylic acid groups (broad SMARTS) is 1. The molecule has 0 radical (unpaired) electrons. The molecular weight excluding hydrogens is 440 g/mol. The van der Waals surface area contributed by atoms with Gasteiger partial charge in [0, 0.05) is 55.8 Å². The number of nitrogens with zero attached hydrogens (tertiary/aromatic N) is 4. The Balaban J connectivity index is 1.48. The molecule has 176 valence electrons. The zero-order valence-corrected chi connectivity index (χ0v) is 20.1. The highest BCUT2D eigenvalue weighted by Crippen LogP contribution is 2.39. The van der Waals surface area contributed by atoms with E-state index in [1.165, 1.54) is 4.90 Å². The van der Waals surface area contributed by atoms with Gasteiger partial charge in [0.25, 0.3) is 0 Å². The fraction of sp³-hybridized carbons (Fsp3) is 0.480. The minimum atomic E-state index is -0.992. The third kappa shape index (κ3) is 4.64. The van der Waals surface area contributed by atoms with Crippen LogP contribution in [0.25, 0.3) is 0 Å². The summed E-state index contributed by atoms with van der Waals surface area (Å²) in [4.78, 5) is 35.3. The van der Waals surface area contributed by atoms with Gasteiger partial charge in [-0.2, -0.15) is 0 Å². The summed E-state index contributed by atoms with van der Waals surface area (Å²) in [5, 5.41) is 10.3. The summed E-state index contributed by atoms with van der Waals surface area (Å²) in [6.07, 6.45) is 2.41. The molecule has 2 saturated heterocycles. The van der Waals surface area contributed by atoms with Gasteiger partial charge in [-0.15, -0.1) is 0 Å². The molecule has 0 unspecified atom stereocenters. The number of likely N-dealkylation sites (tertiary alicyclic amines) is 1. The molecular formula is C25H31ClN4O3. The molecule has 0 bridgehead atoms. The van der Waals surface area contributed by atoms with Crippen molar-refractivity contribution in [1.29, 1.82) is 0 Å². The molecule has 1 N–H and O–H groups in total. The van der Waals surface area contributed by atoms with Gasteiger partial charge in [0.05, 0.1) is 6.04 Å². The fourth-order valence-electron chi connectivity index (χ4n) is 5.20. The van der Waals surface area contributed by atoms with Crippen LogP contribution in [0, 0.1) is 12.8 Å². The van der Waals surface area contributed by atoms with Gasteiger partial charge in [0.15, 0.2) is 0 Å². The average Bonchev–Trinajstić information content (AvgIpc) is 3.17. The maximum atomic E-state index is 13.5. The Kier molecular flexibility index (Phi) is 6.52. The van der Waals surface area contributed by atoms with Crippen LogP contribution in [0.2, 0.25) is 5.02 Å². The first kappa shape index (κ1) is 23.4. The van der Waals surface area contributed by atoms with E-state index in [2.05, 4.69) is 16.0 Å². The number of aromatic nitrogens is 1. The minimum absolute atomic E-state index is 0.0601. The summed E-state index contributed by atoms with van der Waals surface area (Å²) in [6, 6.07) is 11.3. The van der Waals surface area contributed by atoms with Gasteiger partial charge in [-0.05, 0) is 49.1 Å². The Morgan fingerprint density at radius 3 is 2.39 bits per heavy atom. The largest absolute Gasteiger partial charge is 0.465 e. The van der Waals surface area contributed by atoms with Crippen LogP contribution in [0.3, 0.4) is 0 Å². The summed E-state index contributed by atoms with van der Waals surface area (Å²) in [7, 11) is 1.59. The highest BCUT2D eigenvalue weighted by molar-refractivity contribution is 6.30. The van der Waals surface area contributed by atoms with Gasteiger partial charge in [-0.3, -0.25) is 4.79 Å². The Bertz CT molecular complexity index is 1010. The lowest BCUT2D eigenvalue weighted by Crippen LogP contribution is -2.48.